The summed E-state index contributed by atoms with van der Waals surface area (Å²) < 4.78 is 2.69. The van der Waals surface area contributed by atoms with E-state index in [4.69, 9.17) is 0 Å². The summed E-state index contributed by atoms with van der Waals surface area (Å²) in [5, 5.41) is 2.66. The van der Waals surface area contributed by atoms with Crippen molar-refractivity contribution in [2.45, 2.75) is 18.3 Å². The lowest BCUT2D eigenvalue weighted by Gasteiger charge is -2.34. The van der Waals surface area contributed by atoms with Crippen LogP contribution in [-0.2, 0) is 11.8 Å². The lowest BCUT2D eigenvalue weighted by atomic mass is 9.67. The number of hydrogen-bond donors (Lipinski definition) is 0. The lowest BCUT2D eigenvalue weighted by molar-refractivity contribution is 0.769. The van der Waals surface area contributed by atoms with Crippen LogP contribution in [0.5, 0.6) is 0 Å². The summed E-state index contributed by atoms with van der Waals surface area (Å²) >= 11 is 1.92. The number of hydrogen-bond acceptors (Lipinski definition) is 2. The Morgan fingerprint density at radius 1 is 0.509 bits per heavy atom. The number of thiophene rings is 1. The van der Waals surface area contributed by atoms with Crippen LogP contribution in [0.4, 0.5) is 17.1 Å². The van der Waals surface area contributed by atoms with Crippen molar-refractivity contribution in [2.75, 3.05) is 4.90 Å². The zero-order valence-corrected chi connectivity index (χ0v) is 32.1. The van der Waals surface area contributed by atoms with Gasteiger partial charge in [0, 0.05) is 55.5 Å². The summed E-state index contributed by atoms with van der Waals surface area (Å²) in [6.45, 7) is 0. The van der Waals surface area contributed by atoms with Crippen LogP contribution in [0.1, 0.15) is 39.8 Å². The summed E-state index contributed by atoms with van der Waals surface area (Å²) in [5.41, 5.74) is 15.6. The topological polar surface area (TPSA) is 3.24 Å². The fourth-order valence-corrected chi connectivity index (χ4v) is 10.6. The first kappa shape index (κ1) is 33.4. The molecule has 0 bridgehead atoms. The maximum Gasteiger partial charge on any atom is 0.0714 e. The zero-order valence-electron chi connectivity index (χ0n) is 31.3. The molecule has 11 rings (SSSR count). The molecule has 8 aromatic carbocycles. The molecular weight excluding hydrogens is 707 g/mol. The van der Waals surface area contributed by atoms with Gasteiger partial charge in [0.1, 0.15) is 0 Å². The second-order valence-corrected chi connectivity index (χ2v) is 16.0. The predicted molar refractivity (Wildman–Crippen MR) is 242 cm³/mol. The maximum absolute atomic E-state index is 3.39. The fraction of sp³-hybridized carbons (Fsp3) is 0.0545. The average molecular weight is 744 g/mol. The molecule has 1 heterocycles. The predicted octanol–water partition coefficient (Wildman–Crippen LogP) is 14.5. The minimum Gasteiger partial charge on any atom is -0.310 e. The Labute approximate surface area is 337 Å². The Morgan fingerprint density at radius 3 is 2.02 bits per heavy atom. The molecule has 57 heavy (non-hydrogen) atoms. The Hall–Kier alpha value is -6.92. The van der Waals surface area contributed by atoms with Crippen LogP contribution < -0.4 is 4.90 Å². The van der Waals surface area contributed by atoms with Crippen molar-refractivity contribution in [3.8, 4) is 34.1 Å². The van der Waals surface area contributed by atoms with Gasteiger partial charge in [-0.1, -0.05) is 176 Å². The highest BCUT2D eigenvalue weighted by atomic mass is 32.1. The molecule has 2 aliphatic carbocycles. The van der Waals surface area contributed by atoms with Crippen LogP contribution in [0.25, 0.3) is 48.5 Å². The highest BCUT2D eigenvalue weighted by Gasteiger charge is 2.47. The van der Waals surface area contributed by atoms with Gasteiger partial charge in [0.05, 0.1) is 11.1 Å². The second kappa shape index (κ2) is 13.7. The molecule has 1 nitrogen and oxygen atoms in total. The highest BCUT2D eigenvalue weighted by molar-refractivity contribution is 7.26. The molecule has 0 saturated heterocycles. The smallest absolute Gasteiger partial charge is 0.0714 e. The quantitative estimate of drug-likeness (QED) is 0.153. The first-order valence-corrected chi connectivity index (χ1v) is 20.5. The summed E-state index contributed by atoms with van der Waals surface area (Å²) in [7, 11) is 0. The van der Waals surface area contributed by atoms with E-state index in [0.29, 0.717) is 0 Å². The Morgan fingerprint density at radius 2 is 1.19 bits per heavy atom. The second-order valence-electron chi connectivity index (χ2n) is 14.9. The van der Waals surface area contributed by atoms with Gasteiger partial charge in [0.2, 0.25) is 0 Å². The van der Waals surface area contributed by atoms with E-state index in [1.807, 2.05) is 11.3 Å². The van der Waals surface area contributed by atoms with E-state index in [-0.39, 0.29) is 0 Å². The Balaban J connectivity index is 1.12. The van der Waals surface area contributed by atoms with Crippen molar-refractivity contribution >= 4 is 54.6 Å². The summed E-state index contributed by atoms with van der Waals surface area (Å²) in [4.78, 5) is 2.42. The molecule has 2 aliphatic rings. The van der Waals surface area contributed by atoms with E-state index in [2.05, 4.69) is 217 Å². The third-order valence-corrected chi connectivity index (χ3v) is 13.1. The number of anilines is 3. The fourth-order valence-electron chi connectivity index (χ4n) is 9.35. The third-order valence-electron chi connectivity index (χ3n) is 11.9. The van der Waals surface area contributed by atoms with Gasteiger partial charge in [0.15, 0.2) is 0 Å². The van der Waals surface area contributed by atoms with Gasteiger partial charge in [-0.15, -0.1) is 11.3 Å². The van der Waals surface area contributed by atoms with Crippen LogP contribution in [0.2, 0.25) is 0 Å². The van der Waals surface area contributed by atoms with Crippen molar-refractivity contribution in [1.29, 1.82) is 0 Å². The molecule has 0 spiro atoms. The number of allylic oxidation sites excluding steroid dienone is 1. The molecule has 0 amide bonds. The van der Waals surface area contributed by atoms with E-state index in [9.17, 15) is 0 Å². The number of nitrogens with zero attached hydrogens (tertiary/aromatic N) is 1. The van der Waals surface area contributed by atoms with Gasteiger partial charge in [-0.05, 0) is 80.9 Å². The molecule has 1 unspecified atom stereocenters. The highest BCUT2D eigenvalue weighted by Crippen LogP contribution is 2.59. The van der Waals surface area contributed by atoms with Crippen molar-refractivity contribution in [2.24, 2.45) is 0 Å². The van der Waals surface area contributed by atoms with Gasteiger partial charge in [-0.3, -0.25) is 0 Å². The molecule has 1 aromatic heterocycles. The number of benzene rings is 8. The van der Waals surface area contributed by atoms with Crippen LogP contribution in [-0.4, -0.2) is 0 Å². The van der Waals surface area contributed by atoms with Gasteiger partial charge in [0.25, 0.3) is 0 Å². The SMILES string of the molecule is C1#CCc2cccc(N(c3ccc(-c4ccccc4)cc3)c3ccc(C4(c5ccccc5)c5ccccc5-c5c4ccc4c5sc5ccccc54)cc3)c2/C=C\C1. The Bertz CT molecular complexity index is 3050. The largest absolute Gasteiger partial charge is 0.310 e. The molecule has 1 atom stereocenters. The van der Waals surface area contributed by atoms with Gasteiger partial charge in [-0.25, -0.2) is 0 Å². The lowest BCUT2D eigenvalue weighted by Crippen LogP contribution is -2.28. The first-order valence-electron chi connectivity index (χ1n) is 19.7. The molecular formula is C55H37NS. The van der Waals surface area contributed by atoms with Crippen LogP contribution >= 0.6 is 11.3 Å². The molecule has 0 saturated carbocycles. The van der Waals surface area contributed by atoms with E-state index < -0.39 is 5.41 Å². The van der Waals surface area contributed by atoms with Crippen molar-refractivity contribution in [3.63, 3.8) is 0 Å². The van der Waals surface area contributed by atoms with Crippen LogP contribution in [0.3, 0.4) is 0 Å². The average Bonchev–Trinajstić information content (AvgIpc) is 3.79. The van der Waals surface area contributed by atoms with E-state index >= 15 is 0 Å². The van der Waals surface area contributed by atoms with Gasteiger partial charge in [-0.2, -0.15) is 0 Å². The molecule has 0 radical (unpaired) electrons. The van der Waals surface area contributed by atoms with E-state index in [1.165, 1.54) is 75.8 Å². The minimum atomic E-state index is -0.498. The minimum absolute atomic E-state index is 0.498. The molecule has 2 heteroatoms. The molecule has 0 fully saturated rings. The summed E-state index contributed by atoms with van der Waals surface area (Å²) in [6, 6.07) is 69.5. The summed E-state index contributed by atoms with van der Waals surface area (Å²) in [5.74, 6) is 6.68. The van der Waals surface area contributed by atoms with Crippen molar-refractivity contribution in [3.05, 3.63) is 228 Å². The molecule has 0 N–H and O–H groups in total. The summed E-state index contributed by atoms with van der Waals surface area (Å²) in [6.07, 6.45) is 5.95. The van der Waals surface area contributed by atoms with Crippen molar-refractivity contribution < 1.29 is 0 Å². The molecule has 0 aliphatic heterocycles. The van der Waals surface area contributed by atoms with Gasteiger partial charge >= 0.3 is 0 Å². The first-order chi connectivity index (χ1) is 28.3. The third kappa shape index (κ3) is 5.31. The van der Waals surface area contributed by atoms with Crippen molar-refractivity contribution in [1.82, 2.24) is 0 Å². The Kier molecular flexibility index (Phi) is 8.02. The number of rotatable bonds is 6. The van der Waals surface area contributed by atoms with Crippen LogP contribution in [0, 0.1) is 11.8 Å². The standard InChI is InChI=1S/C55H37NS/c1-2-10-22-45-40(18-5-1)19-15-26-51(45)56(43-32-28-39(29-33-43)38-16-6-3-7-17-38)44-34-30-42(31-35-44)55(41-20-8-4-9-21-41)49-25-13-11-24-48(49)53-50(55)37-36-47-46-23-12-14-27-52(46)57-54(47)53/h3-4,6-17,19-37H,2,18H2/b22-10-. The van der Waals surface area contributed by atoms with E-state index in [0.717, 1.165) is 29.9 Å². The number of fused-ring (bicyclic) bond motifs is 8. The normalized spacial score (nSPS) is 15.8. The molecule has 268 valence electrons. The zero-order chi connectivity index (χ0) is 37.8. The van der Waals surface area contributed by atoms with E-state index in [1.54, 1.807) is 0 Å². The monoisotopic (exact) mass is 743 g/mol. The maximum atomic E-state index is 3.39. The van der Waals surface area contributed by atoms with Gasteiger partial charge < -0.3 is 4.90 Å². The van der Waals surface area contributed by atoms with Crippen LogP contribution in [0.15, 0.2) is 194 Å². The molecule has 9 aromatic rings.